The highest BCUT2D eigenvalue weighted by Crippen LogP contribution is 2.31. The molecule has 27 heavy (non-hydrogen) atoms. The third-order valence-corrected chi connectivity index (χ3v) is 5.17. The predicted molar refractivity (Wildman–Crippen MR) is 110 cm³/mol. The molecule has 1 aromatic heterocycles. The van der Waals surface area contributed by atoms with Crippen LogP contribution in [-0.4, -0.2) is 16.1 Å². The molecule has 0 spiro atoms. The van der Waals surface area contributed by atoms with E-state index in [1.165, 1.54) is 22.4 Å². The van der Waals surface area contributed by atoms with E-state index < -0.39 is 4.92 Å². The van der Waals surface area contributed by atoms with E-state index in [1.54, 1.807) is 29.7 Å². The van der Waals surface area contributed by atoms with Crippen LogP contribution in [0.4, 0.5) is 11.4 Å². The summed E-state index contributed by atoms with van der Waals surface area (Å²) in [5.74, 6) is 0. The zero-order valence-electron chi connectivity index (χ0n) is 14.5. The van der Waals surface area contributed by atoms with Crippen molar-refractivity contribution in [2.24, 2.45) is 4.99 Å². The number of benzene rings is 3. The maximum Gasteiger partial charge on any atom is 0.270 e. The van der Waals surface area contributed by atoms with Gasteiger partial charge in [0.1, 0.15) is 5.01 Å². The summed E-state index contributed by atoms with van der Waals surface area (Å²) < 4.78 is 1.18. The summed E-state index contributed by atoms with van der Waals surface area (Å²) in [5, 5.41) is 11.8. The largest absolute Gasteiger partial charge is 0.270 e. The molecule has 0 saturated heterocycles. The van der Waals surface area contributed by atoms with Gasteiger partial charge in [-0.15, -0.1) is 11.3 Å². The predicted octanol–water partition coefficient (Wildman–Crippen LogP) is 5.93. The molecule has 132 valence electrons. The van der Waals surface area contributed by atoms with Gasteiger partial charge in [-0.05, 0) is 54.4 Å². The zero-order valence-corrected chi connectivity index (χ0v) is 15.3. The van der Waals surface area contributed by atoms with Crippen molar-refractivity contribution in [3.05, 3.63) is 88.0 Å². The first-order valence-corrected chi connectivity index (χ1v) is 9.16. The van der Waals surface area contributed by atoms with Gasteiger partial charge in [0.05, 0.1) is 20.8 Å². The van der Waals surface area contributed by atoms with Crippen molar-refractivity contribution in [3.63, 3.8) is 0 Å². The Hall–Kier alpha value is -3.38. The van der Waals surface area contributed by atoms with Crippen LogP contribution in [0, 0.1) is 17.0 Å². The molecule has 4 aromatic rings. The summed E-state index contributed by atoms with van der Waals surface area (Å²) in [6.45, 7) is 2.08. The van der Waals surface area contributed by atoms with E-state index >= 15 is 0 Å². The third kappa shape index (κ3) is 3.75. The van der Waals surface area contributed by atoms with Crippen molar-refractivity contribution in [1.29, 1.82) is 0 Å². The average Bonchev–Trinajstić information content (AvgIpc) is 3.10. The van der Waals surface area contributed by atoms with Crippen LogP contribution in [0.15, 0.2) is 71.7 Å². The molecular formula is C21H15N3O2S. The maximum absolute atomic E-state index is 10.8. The van der Waals surface area contributed by atoms with Crippen LogP contribution in [0.25, 0.3) is 20.8 Å². The molecular weight excluding hydrogens is 358 g/mol. The minimum Gasteiger partial charge on any atom is -0.258 e. The second-order valence-electron chi connectivity index (χ2n) is 6.15. The Labute approximate surface area is 159 Å². The first-order chi connectivity index (χ1) is 13.1. The third-order valence-electron chi connectivity index (χ3n) is 4.10. The van der Waals surface area contributed by atoms with E-state index in [-0.39, 0.29) is 5.69 Å². The summed E-state index contributed by atoms with van der Waals surface area (Å²) in [4.78, 5) is 19.5. The summed E-state index contributed by atoms with van der Waals surface area (Å²) in [6, 6.07) is 20.5. The van der Waals surface area contributed by atoms with E-state index in [1.807, 2.05) is 30.3 Å². The molecule has 0 N–H and O–H groups in total. The number of aliphatic imine (C=N–C) groups is 1. The molecule has 0 amide bonds. The Morgan fingerprint density at radius 3 is 2.67 bits per heavy atom. The molecule has 6 heteroatoms. The zero-order chi connectivity index (χ0) is 18.8. The highest BCUT2D eigenvalue weighted by molar-refractivity contribution is 7.21. The van der Waals surface area contributed by atoms with Crippen molar-refractivity contribution in [2.45, 2.75) is 6.92 Å². The van der Waals surface area contributed by atoms with Crippen LogP contribution in [-0.2, 0) is 0 Å². The lowest BCUT2D eigenvalue weighted by molar-refractivity contribution is -0.384. The van der Waals surface area contributed by atoms with Gasteiger partial charge in [-0.1, -0.05) is 18.2 Å². The summed E-state index contributed by atoms with van der Waals surface area (Å²) in [6.07, 6.45) is 1.63. The number of rotatable bonds is 4. The van der Waals surface area contributed by atoms with Crippen LogP contribution in [0.1, 0.15) is 11.1 Å². The molecule has 0 fully saturated rings. The highest BCUT2D eigenvalue weighted by Gasteiger charge is 2.07. The number of nitro groups is 1. The lowest BCUT2D eigenvalue weighted by atomic mass is 10.2. The second-order valence-corrected chi connectivity index (χ2v) is 7.18. The number of nitrogens with zero attached hydrogens (tertiary/aromatic N) is 3. The normalized spacial score (nSPS) is 11.3. The molecule has 5 nitrogen and oxygen atoms in total. The van der Waals surface area contributed by atoms with Gasteiger partial charge in [-0.2, -0.15) is 0 Å². The lowest BCUT2D eigenvalue weighted by Gasteiger charge is -1.98. The molecule has 0 atom stereocenters. The molecule has 0 aliphatic heterocycles. The van der Waals surface area contributed by atoms with E-state index in [4.69, 9.17) is 0 Å². The number of non-ortho nitro benzene ring substituents is 1. The fourth-order valence-corrected chi connectivity index (χ4v) is 3.78. The van der Waals surface area contributed by atoms with Gasteiger partial charge in [-0.3, -0.25) is 15.1 Å². The molecule has 0 radical (unpaired) electrons. The number of hydrogen-bond donors (Lipinski definition) is 0. The summed E-state index contributed by atoms with van der Waals surface area (Å²) in [7, 11) is 0. The van der Waals surface area contributed by atoms with E-state index in [0.29, 0.717) is 5.56 Å². The molecule has 0 bridgehead atoms. The van der Waals surface area contributed by atoms with E-state index in [2.05, 4.69) is 29.0 Å². The van der Waals surface area contributed by atoms with Gasteiger partial charge in [0.2, 0.25) is 0 Å². The minimum absolute atomic E-state index is 0.0559. The van der Waals surface area contributed by atoms with Crippen molar-refractivity contribution in [3.8, 4) is 10.6 Å². The summed E-state index contributed by atoms with van der Waals surface area (Å²) in [5.41, 5.74) is 4.80. The van der Waals surface area contributed by atoms with Crippen LogP contribution < -0.4 is 0 Å². The topological polar surface area (TPSA) is 68.4 Å². The number of thiazole rings is 1. The smallest absolute Gasteiger partial charge is 0.258 e. The summed E-state index contributed by atoms with van der Waals surface area (Å²) >= 11 is 1.67. The number of aryl methyl sites for hydroxylation is 1. The van der Waals surface area contributed by atoms with Crippen LogP contribution >= 0.6 is 11.3 Å². The van der Waals surface area contributed by atoms with Gasteiger partial charge >= 0.3 is 0 Å². The molecule has 4 rings (SSSR count). The standard InChI is InChI=1S/C21H15N3O2S/c1-14-5-10-19-20(11-14)27-21(23-19)16-6-8-17(9-7-16)22-13-15-3-2-4-18(12-15)24(25)26/h2-13H,1H3. The Morgan fingerprint density at radius 2 is 1.89 bits per heavy atom. The molecule has 0 aliphatic carbocycles. The molecule has 3 aromatic carbocycles. The maximum atomic E-state index is 10.8. The van der Waals surface area contributed by atoms with Crippen molar-refractivity contribution in [2.75, 3.05) is 0 Å². The molecule has 1 heterocycles. The minimum atomic E-state index is -0.411. The van der Waals surface area contributed by atoms with Crippen LogP contribution in [0.2, 0.25) is 0 Å². The monoisotopic (exact) mass is 373 g/mol. The number of nitro benzene ring substituents is 1. The Bertz CT molecular complexity index is 1160. The Morgan fingerprint density at radius 1 is 1.07 bits per heavy atom. The fourth-order valence-electron chi connectivity index (χ4n) is 2.71. The van der Waals surface area contributed by atoms with E-state index in [0.717, 1.165) is 21.8 Å². The van der Waals surface area contributed by atoms with Crippen molar-refractivity contribution in [1.82, 2.24) is 4.98 Å². The Kier molecular flexibility index (Phi) is 4.48. The van der Waals surface area contributed by atoms with Gasteiger partial charge < -0.3 is 0 Å². The number of fused-ring (bicyclic) bond motifs is 1. The van der Waals surface area contributed by atoms with Gasteiger partial charge in [0, 0.05) is 23.9 Å². The SMILES string of the molecule is Cc1ccc2nc(-c3ccc(N=Cc4cccc([N+](=O)[O-])c4)cc3)sc2c1. The first kappa shape index (κ1) is 17.1. The van der Waals surface area contributed by atoms with Gasteiger partial charge in [0.15, 0.2) is 0 Å². The molecule has 0 unspecified atom stereocenters. The van der Waals surface area contributed by atoms with Crippen molar-refractivity contribution < 1.29 is 4.92 Å². The van der Waals surface area contributed by atoms with E-state index in [9.17, 15) is 10.1 Å². The second kappa shape index (κ2) is 7.09. The fraction of sp³-hybridized carbons (Fsp3) is 0.0476. The molecule has 0 saturated carbocycles. The van der Waals surface area contributed by atoms with Gasteiger partial charge in [0.25, 0.3) is 5.69 Å². The highest BCUT2D eigenvalue weighted by atomic mass is 32.1. The van der Waals surface area contributed by atoms with Crippen LogP contribution in [0.3, 0.4) is 0 Å². The van der Waals surface area contributed by atoms with Crippen molar-refractivity contribution >= 4 is 39.1 Å². The van der Waals surface area contributed by atoms with Gasteiger partial charge in [-0.25, -0.2) is 4.98 Å². The quantitative estimate of drug-likeness (QED) is 0.253. The average molecular weight is 373 g/mol. The molecule has 0 aliphatic rings. The van der Waals surface area contributed by atoms with Crippen LogP contribution in [0.5, 0.6) is 0 Å². The number of hydrogen-bond acceptors (Lipinski definition) is 5. The Balaban J connectivity index is 1.56. The number of aromatic nitrogens is 1. The first-order valence-electron chi connectivity index (χ1n) is 8.35. The lowest BCUT2D eigenvalue weighted by Crippen LogP contribution is -1.89.